The summed E-state index contributed by atoms with van der Waals surface area (Å²) in [6.45, 7) is 2.58. The molecular formula is C13H20N2O4. The third kappa shape index (κ3) is 5.58. The number of nitrogens with one attached hydrogen (secondary N) is 1. The van der Waals surface area contributed by atoms with Crippen LogP contribution in [0.5, 0.6) is 0 Å². The van der Waals surface area contributed by atoms with Crippen molar-refractivity contribution < 1.29 is 19.4 Å². The fraction of sp³-hybridized carbons (Fsp3) is 0.462. The summed E-state index contributed by atoms with van der Waals surface area (Å²) < 4.78 is 10.2. The number of nitrogens with two attached hydrogens (primary N) is 1. The number of carboxylic acids is 1. The Balaban J connectivity index is 2.26. The summed E-state index contributed by atoms with van der Waals surface area (Å²) in [5.41, 5.74) is 6.83. The van der Waals surface area contributed by atoms with Crippen LogP contribution in [0, 0.1) is 0 Å². The van der Waals surface area contributed by atoms with E-state index in [9.17, 15) is 4.79 Å². The number of nitrogen functional groups attached to an aromatic ring is 1. The van der Waals surface area contributed by atoms with Crippen LogP contribution in [0.15, 0.2) is 18.2 Å². The van der Waals surface area contributed by atoms with Gasteiger partial charge in [0.05, 0.1) is 18.8 Å². The highest BCUT2D eigenvalue weighted by Crippen LogP contribution is 2.17. The van der Waals surface area contributed by atoms with Crippen LogP contribution in [0.3, 0.4) is 0 Å². The largest absolute Gasteiger partial charge is 0.478 e. The molecule has 0 atom stereocenters. The number of ether oxygens (including phenoxy) is 2. The Morgan fingerprint density at radius 3 is 2.79 bits per heavy atom. The first-order valence-electron chi connectivity index (χ1n) is 6.08. The molecule has 0 aliphatic rings. The number of carbonyl (C=O) groups is 1. The molecule has 6 nitrogen and oxygen atoms in total. The van der Waals surface area contributed by atoms with Gasteiger partial charge in [0.1, 0.15) is 0 Å². The molecule has 0 saturated carbocycles. The lowest BCUT2D eigenvalue weighted by atomic mass is 10.1. The smallest absolute Gasteiger partial charge is 0.337 e. The molecule has 0 aromatic heterocycles. The molecule has 6 heteroatoms. The summed E-state index contributed by atoms with van der Waals surface area (Å²) in [6, 6.07) is 4.82. The number of aromatic carboxylic acids is 1. The second kappa shape index (κ2) is 8.34. The van der Waals surface area contributed by atoms with Crippen LogP contribution >= 0.6 is 0 Å². The summed E-state index contributed by atoms with van der Waals surface area (Å²) in [6.07, 6.45) is 0.851. The van der Waals surface area contributed by atoms with Gasteiger partial charge in [-0.3, -0.25) is 0 Å². The summed E-state index contributed by atoms with van der Waals surface area (Å²) >= 11 is 0. The molecule has 1 aromatic rings. The Morgan fingerprint density at radius 1 is 1.37 bits per heavy atom. The van der Waals surface area contributed by atoms with Gasteiger partial charge in [0.2, 0.25) is 0 Å². The average molecular weight is 268 g/mol. The van der Waals surface area contributed by atoms with Crippen LogP contribution in [-0.4, -0.2) is 44.6 Å². The van der Waals surface area contributed by atoms with Gasteiger partial charge >= 0.3 is 5.97 Å². The van der Waals surface area contributed by atoms with Crippen molar-refractivity contribution in [3.05, 3.63) is 23.8 Å². The fourth-order valence-electron chi connectivity index (χ4n) is 1.52. The zero-order chi connectivity index (χ0) is 14.1. The highest BCUT2D eigenvalue weighted by atomic mass is 16.5. The summed E-state index contributed by atoms with van der Waals surface area (Å²) in [5, 5.41) is 12.0. The topological polar surface area (TPSA) is 93.8 Å². The minimum atomic E-state index is -1.02. The van der Waals surface area contributed by atoms with E-state index in [1.165, 1.54) is 6.07 Å². The molecular weight excluding hydrogens is 248 g/mol. The molecule has 4 N–H and O–H groups in total. The van der Waals surface area contributed by atoms with Gasteiger partial charge in [-0.1, -0.05) is 0 Å². The molecule has 1 rings (SSSR count). The maximum Gasteiger partial charge on any atom is 0.337 e. The first kappa shape index (κ1) is 15.3. The van der Waals surface area contributed by atoms with E-state index >= 15 is 0 Å². The third-order valence-corrected chi connectivity index (χ3v) is 2.51. The molecule has 19 heavy (non-hydrogen) atoms. The number of hydrogen-bond donors (Lipinski definition) is 3. The van der Waals surface area contributed by atoms with Crippen molar-refractivity contribution in [1.29, 1.82) is 0 Å². The number of benzene rings is 1. The van der Waals surface area contributed by atoms with Crippen LogP contribution in [0.1, 0.15) is 16.8 Å². The van der Waals surface area contributed by atoms with E-state index in [4.69, 9.17) is 20.3 Å². The Bertz CT molecular complexity index is 410. The number of anilines is 2. The van der Waals surface area contributed by atoms with E-state index in [1.54, 1.807) is 19.2 Å². The van der Waals surface area contributed by atoms with Crippen molar-refractivity contribution in [3.8, 4) is 0 Å². The average Bonchev–Trinajstić information content (AvgIpc) is 2.37. The normalized spacial score (nSPS) is 10.4. The minimum Gasteiger partial charge on any atom is -0.478 e. The maximum absolute atomic E-state index is 10.8. The molecule has 0 radical (unpaired) electrons. The number of rotatable bonds is 9. The van der Waals surface area contributed by atoms with Gasteiger partial charge in [-0.05, 0) is 24.6 Å². The highest BCUT2D eigenvalue weighted by Gasteiger charge is 2.07. The van der Waals surface area contributed by atoms with Gasteiger partial charge in [0.15, 0.2) is 0 Å². The van der Waals surface area contributed by atoms with Gasteiger partial charge in [-0.2, -0.15) is 0 Å². The Labute approximate surface area is 112 Å². The number of carboxylic acid groups (broad SMARTS) is 1. The molecule has 0 aliphatic heterocycles. The zero-order valence-corrected chi connectivity index (χ0v) is 11.0. The third-order valence-electron chi connectivity index (χ3n) is 2.51. The van der Waals surface area contributed by atoms with E-state index in [-0.39, 0.29) is 11.3 Å². The fourth-order valence-corrected chi connectivity index (χ4v) is 1.52. The summed E-state index contributed by atoms with van der Waals surface area (Å²) in [5.74, 6) is -1.02. The van der Waals surface area contributed by atoms with Gasteiger partial charge in [-0.15, -0.1) is 0 Å². The highest BCUT2D eigenvalue weighted by molar-refractivity contribution is 5.94. The molecule has 0 fully saturated rings. The molecule has 0 aliphatic carbocycles. The van der Waals surface area contributed by atoms with E-state index in [2.05, 4.69) is 5.32 Å². The molecule has 0 unspecified atom stereocenters. The monoisotopic (exact) mass is 268 g/mol. The van der Waals surface area contributed by atoms with Crippen LogP contribution in [0.25, 0.3) is 0 Å². The van der Waals surface area contributed by atoms with Crippen molar-refractivity contribution in [1.82, 2.24) is 0 Å². The number of hydrogen-bond acceptors (Lipinski definition) is 5. The lowest BCUT2D eigenvalue weighted by Crippen LogP contribution is -2.09. The molecule has 1 aromatic carbocycles. The number of methoxy groups -OCH3 is 1. The van der Waals surface area contributed by atoms with Crippen LogP contribution in [0.4, 0.5) is 11.4 Å². The predicted octanol–water partition coefficient (Wildman–Crippen LogP) is 1.43. The molecule has 106 valence electrons. The van der Waals surface area contributed by atoms with Crippen LogP contribution in [0.2, 0.25) is 0 Å². The second-order valence-corrected chi connectivity index (χ2v) is 3.99. The lowest BCUT2D eigenvalue weighted by Gasteiger charge is -2.09. The minimum absolute atomic E-state index is 0.119. The quantitative estimate of drug-likeness (QED) is 0.463. The summed E-state index contributed by atoms with van der Waals surface area (Å²) in [4.78, 5) is 10.8. The maximum atomic E-state index is 10.8. The summed E-state index contributed by atoms with van der Waals surface area (Å²) in [7, 11) is 1.64. The van der Waals surface area contributed by atoms with Gasteiger partial charge < -0.3 is 25.6 Å². The van der Waals surface area contributed by atoms with E-state index in [1.807, 2.05) is 0 Å². The van der Waals surface area contributed by atoms with Gasteiger partial charge in [-0.25, -0.2) is 4.79 Å². The SMILES string of the molecule is COCCOCCCNc1ccc(C(=O)O)c(N)c1. The van der Waals surface area contributed by atoms with Crippen molar-refractivity contribution in [2.24, 2.45) is 0 Å². The standard InChI is InChI=1S/C13H20N2O4/c1-18-7-8-19-6-2-5-15-10-3-4-11(13(16)17)12(14)9-10/h3-4,9,15H,2,5-8,14H2,1H3,(H,16,17). The van der Waals surface area contributed by atoms with Crippen LogP contribution in [-0.2, 0) is 9.47 Å². The van der Waals surface area contributed by atoms with E-state index in [0.717, 1.165) is 18.7 Å². The second-order valence-electron chi connectivity index (χ2n) is 3.99. The molecule has 0 bridgehead atoms. The Morgan fingerprint density at radius 2 is 2.16 bits per heavy atom. The van der Waals surface area contributed by atoms with Crippen molar-refractivity contribution in [3.63, 3.8) is 0 Å². The predicted molar refractivity (Wildman–Crippen MR) is 73.6 cm³/mol. The van der Waals surface area contributed by atoms with Crippen molar-refractivity contribution in [2.45, 2.75) is 6.42 Å². The molecule has 0 heterocycles. The van der Waals surface area contributed by atoms with E-state index < -0.39 is 5.97 Å². The first-order valence-corrected chi connectivity index (χ1v) is 6.08. The molecule has 0 saturated heterocycles. The first-order chi connectivity index (χ1) is 9.15. The van der Waals surface area contributed by atoms with Gasteiger partial charge in [0, 0.05) is 31.6 Å². The Kier molecular flexibility index (Phi) is 6.70. The Hall–Kier alpha value is -1.79. The van der Waals surface area contributed by atoms with Gasteiger partial charge in [0.25, 0.3) is 0 Å². The molecule has 0 spiro atoms. The lowest BCUT2D eigenvalue weighted by molar-refractivity contribution is 0.0698. The van der Waals surface area contributed by atoms with Crippen molar-refractivity contribution >= 4 is 17.3 Å². The molecule has 0 amide bonds. The van der Waals surface area contributed by atoms with Crippen LogP contribution < -0.4 is 11.1 Å². The van der Waals surface area contributed by atoms with Crippen molar-refractivity contribution in [2.75, 3.05) is 44.5 Å². The van der Waals surface area contributed by atoms with E-state index in [0.29, 0.717) is 19.8 Å². The zero-order valence-electron chi connectivity index (χ0n) is 11.0.